The van der Waals surface area contributed by atoms with Crippen molar-refractivity contribution in [1.29, 1.82) is 0 Å². The minimum absolute atomic E-state index is 0.329. The number of piperazine rings is 1. The summed E-state index contributed by atoms with van der Waals surface area (Å²) >= 11 is 0. The first kappa shape index (κ1) is 14.2. The third-order valence-corrected chi connectivity index (χ3v) is 4.23. The maximum absolute atomic E-state index is 4.25. The molecule has 1 aromatic heterocycles. The van der Waals surface area contributed by atoms with Crippen LogP contribution in [0.3, 0.4) is 0 Å². The number of hydrogen-bond acceptors (Lipinski definition) is 3. The quantitative estimate of drug-likeness (QED) is 0.937. The molecule has 2 aromatic rings. The predicted molar refractivity (Wildman–Crippen MR) is 86.4 cm³/mol. The molecule has 2 heterocycles. The fourth-order valence-electron chi connectivity index (χ4n) is 3.16. The fraction of sp³-hybridized carbons (Fsp3) is 0.389. The topological polar surface area (TPSA) is 28.2 Å². The molecule has 3 rings (SSSR count). The van der Waals surface area contributed by atoms with Crippen molar-refractivity contribution in [2.75, 3.05) is 26.2 Å². The summed E-state index contributed by atoms with van der Waals surface area (Å²) in [5, 5.41) is 3.44. The molecule has 1 atom stereocenters. The van der Waals surface area contributed by atoms with Crippen LogP contribution in [0.15, 0.2) is 42.7 Å². The predicted octanol–water partition coefficient (Wildman–Crippen LogP) is 2.69. The molecule has 1 N–H and O–H groups in total. The van der Waals surface area contributed by atoms with Crippen LogP contribution in [0.2, 0.25) is 0 Å². The van der Waals surface area contributed by atoms with Gasteiger partial charge >= 0.3 is 0 Å². The third-order valence-electron chi connectivity index (χ3n) is 4.23. The van der Waals surface area contributed by atoms with E-state index in [9.17, 15) is 0 Å². The average molecular weight is 281 g/mol. The molecule has 1 unspecified atom stereocenters. The molecule has 1 aliphatic heterocycles. The van der Waals surface area contributed by atoms with Gasteiger partial charge in [0.2, 0.25) is 0 Å². The molecule has 110 valence electrons. The molecule has 1 aromatic carbocycles. The van der Waals surface area contributed by atoms with Crippen molar-refractivity contribution >= 4 is 0 Å². The molecule has 1 saturated heterocycles. The number of rotatable bonds is 3. The number of aryl methyl sites for hydroxylation is 2. The molecule has 1 aliphatic rings. The first-order valence-electron chi connectivity index (χ1n) is 7.67. The van der Waals surface area contributed by atoms with Gasteiger partial charge in [0.1, 0.15) is 0 Å². The van der Waals surface area contributed by atoms with Crippen LogP contribution >= 0.6 is 0 Å². The van der Waals surface area contributed by atoms with E-state index < -0.39 is 0 Å². The summed E-state index contributed by atoms with van der Waals surface area (Å²) in [6, 6.07) is 11.4. The summed E-state index contributed by atoms with van der Waals surface area (Å²) in [6.07, 6.45) is 3.88. The SMILES string of the molecule is Cc1cccc(C(c2ccncc2C)N2CCNCC2)c1. The second-order valence-corrected chi connectivity index (χ2v) is 5.83. The number of nitrogens with zero attached hydrogens (tertiary/aromatic N) is 2. The van der Waals surface area contributed by atoms with E-state index >= 15 is 0 Å². The van der Waals surface area contributed by atoms with Crippen molar-refractivity contribution < 1.29 is 0 Å². The summed E-state index contributed by atoms with van der Waals surface area (Å²) < 4.78 is 0. The molecule has 0 bridgehead atoms. The van der Waals surface area contributed by atoms with E-state index in [0.717, 1.165) is 26.2 Å². The molecule has 0 amide bonds. The maximum atomic E-state index is 4.25. The van der Waals surface area contributed by atoms with Crippen LogP contribution in [-0.2, 0) is 0 Å². The first-order chi connectivity index (χ1) is 10.3. The molecule has 0 spiro atoms. The van der Waals surface area contributed by atoms with E-state index in [4.69, 9.17) is 0 Å². The van der Waals surface area contributed by atoms with Gasteiger partial charge in [0.15, 0.2) is 0 Å². The number of pyridine rings is 1. The normalized spacial score (nSPS) is 17.6. The number of aromatic nitrogens is 1. The van der Waals surface area contributed by atoms with Crippen molar-refractivity contribution in [3.63, 3.8) is 0 Å². The second kappa shape index (κ2) is 6.37. The molecular formula is C18H23N3. The Morgan fingerprint density at radius 2 is 1.95 bits per heavy atom. The highest BCUT2D eigenvalue weighted by Crippen LogP contribution is 2.31. The first-order valence-corrected chi connectivity index (χ1v) is 7.67. The van der Waals surface area contributed by atoms with Gasteiger partial charge in [-0.25, -0.2) is 0 Å². The smallest absolute Gasteiger partial charge is 0.0606 e. The van der Waals surface area contributed by atoms with E-state index in [2.05, 4.69) is 59.4 Å². The number of nitrogens with one attached hydrogen (secondary N) is 1. The maximum Gasteiger partial charge on any atom is 0.0606 e. The van der Waals surface area contributed by atoms with Crippen molar-refractivity contribution in [3.05, 3.63) is 65.0 Å². The van der Waals surface area contributed by atoms with Gasteiger partial charge in [-0.2, -0.15) is 0 Å². The Labute approximate surface area is 127 Å². The van der Waals surface area contributed by atoms with Crippen LogP contribution in [0.1, 0.15) is 28.3 Å². The Hall–Kier alpha value is -1.71. The van der Waals surface area contributed by atoms with Crippen molar-refractivity contribution in [1.82, 2.24) is 15.2 Å². The average Bonchev–Trinajstić information content (AvgIpc) is 2.51. The van der Waals surface area contributed by atoms with Gasteiger partial charge in [-0.15, -0.1) is 0 Å². The van der Waals surface area contributed by atoms with E-state index in [0.29, 0.717) is 6.04 Å². The highest BCUT2D eigenvalue weighted by atomic mass is 15.2. The monoisotopic (exact) mass is 281 g/mol. The number of benzene rings is 1. The van der Waals surface area contributed by atoms with Gasteiger partial charge < -0.3 is 5.32 Å². The molecule has 3 heteroatoms. The Balaban J connectivity index is 2.04. The van der Waals surface area contributed by atoms with Crippen molar-refractivity contribution in [3.8, 4) is 0 Å². The zero-order valence-electron chi connectivity index (χ0n) is 12.8. The lowest BCUT2D eigenvalue weighted by atomic mass is 9.93. The highest BCUT2D eigenvalue weighted by molar-refractivity contribution is 5.37. The van der Waals surface area contributed by atoms with Crippen LogP contribution in [0.5, 0.6) is 0 Å². The third kappa shape index (κ3) is 3.14. The fourth-order valence-corrected chi connectivity index (χ4v) is 3.16. The highest BCUT2D eigenvalue weighted by Gasteiger charge is 2.25. The van der Waals surface area contributed by atoms with Gasteiger partial charge in [-0.1, -0.05) is 29.8 Å². The van der Waals surface area contributed by atoms with Crippen LogP contribution in [0.25, 0.3) is 0 Å². The summed E-state index contributed by atoms with van der Waals surface area (Å²) in [7, 11) is 0. The zero-order chi connectivity index (χ0) is 14.7. The minimum Gasteiger partial charge on any atom is -0.314 e. The lowest BCUT2D eigenvalue weighted by Gasteiger charge is -2.36. The Morgan fingerprint density at radius 3 is 2.67 bits per heavy atom. The van der Waals surface area contributed by atoms with Crippen molar-refractivity contribution in [2.45, 2.75) is 19.9 Å². The molecule has 0 aliphatic carbocycles. The summed E-state index contributed by atoms with van der Waals surface area (Å²) in [4.78, 5) is 6.83. The minimum atomic E-state index is 0.329. The molecule has 3 nitrogen and oxygen atoms in total. The zero-order valence-corrected chi connectivity index (χ0v) is 12.8. The van der Waals surface area contributed by atoms with E-state index in [1.807, 2.05) is 12.4 Å². The summed E-state index contributed by atoms with van der Waals surface area (Å²) in [5.74, 6) is 0. The van der Waals surface area contributed by atoms with Crippen LogP contribution in [-0.4, -0.2) is 36.1 Å². The molecule has 21 heavy (non-hydrogen) atoms. The molecule has 0 saturated carbocycles. The Kier molecular flexibility index (Phi) is 4.32. The molecule has 0 radical (unpaired) electrons. The molecule has 1 fully saturated rings. The summed E-state index contributed by atoms with van der Waals surface area (Å²) in [5.41, 5.74) is 5.34. The van der Waals surface area contributed by atoms with E-state index in [-0.39, 0.29) is 0 Å². The Morgan fingerprint density at radius 1 is 1.14 bits per heavy atom. The van der Waals surface area contributed by atoms with E-state index in [1.165, 1.54) is 22.3 Å². The molecular weight excluding hydrogens is 258 g/mol. The van der Waals surface area contributed by atoms with Gasteiger partial charge in [-0.05, 0) is 36.6 Å². The van der Waals surface area contributed by atoms with Gasteiger partial charge in [0.25, 0.3) is 0 Å². The lowest BCUT2D eigenvalue weighted by molar-refractivity contribution is 0.198. The lowest BCUT2D eigenvalue weighted by Crippen LogP contribution is -2.45. The van der Waals surface area contributed by atoms with Gasteiger partial charge in [-0.3, -0.25) is 9.88 Å². The second-order valence-electron chi connectivity index (χ2n) is 5.83. The Bertz CT molecular complexity index is 603. The van der Waals surface area contributed by atoms with E-state index in [1.54, 1.807) is 0 Å². The van der Waals surface area contributed by atoms with Crippen LogP contribution < -0.4 is 5.32 Å². The van der Waals surface area contributed by atoms with Crippen LogP contribution in [0.4, 0.5) is 0 Å². The number of hydrogen-bond donors (Lipinski definition) is 1. The standard InChI is InChI=1S/C18H23N3/c1-14-4-3-5-16(12-14)18(21-10-8-19-9-11-21)17-6-7-20-13-15(17)2/h3-7,12-13,18-19H,8-11H2,1-2H3. The van der Waals surface area contributed by atoms with Crippen LogP contribution in [0, 0.1) is 13.8 Å². The van der Waals surface area contributed by atoms with Crippen molar-refractivity contribution in [2.24, 2.45) is 0 Å². The largest absolute Gasteiger partial charge is 0.314 e. The summed E-state index contributed by atoms with van der Waals surface area (Å²) in [6.45, 7) is 8.62. The van der Waals surface area contributed by atoms with Gasteiger partial charge in [0, 0.05) is 38.6 Å². The van der Waals surface area contributed by atoms with Gasteiger partial charge in [0.05, 0.1) is 6.04 Å².